The Hall–Kier alpha value is -2.93. The maximum atomic E-state index is 13.3. The zero-order valence-corrected chi connectivity index (χ0v) is 16.5. The SMILES string of the molecule is CCCNC(=O)N1CC2(C1)[C@H](c1ccccc1)[C@H](CO)N2C(=O)c1ccncc1. The van der Waals surface area contributed by atoms with Gasteiger partial charge in [0.1, 0.15) is 0 Å². The Morgan fingerprint density at radius 3 is 2.48 bits per heavy atom. The van der Waals surface area contributed by atoms with Gasteiger partial charge in [-0.1, -0.05) is 37.3 Å². The van der Waals surface area contributed by atoms with E-state index in [-0.39, 0.29) is 30.5 Å². The van der Waals surface area contributed by atoms with Crippen LogP contribution < -0.4 is 5.32 Å². The van der Waals surface area contributed by atoms with Gasteiger partial charge in [0.05, 0.1) is 18.2 Å². The van der Waals surface area contributed by atoms with Gasteiger partial charge in [-0.3, -0.25) is 9.78 Å². The molecule has 2 atom stereocenters. The standard InChI is InChI=1S/C22H26N4O3/c1-2-10-24-21(29)25-14-22(15-25)19(16-6-4-3-5-7-16)18(13-27)26(22)20(28)17-8-11-23-12-9-17/h3-9,11-12,18-19,27H,2,10,13-15H2,1H3,(H,24,29)/t18-,19+/m0/s1. The number of hydrogen-bond donors (Lipinski definition) is 2. The molecule has 3 amide bonds. The molecule has 1 aromatic carbocycles. The predicted molar refractivity (Wildman–Crippen MR) is 108 cm³/mol. The maximum absolute atomic E-state index is 13.3. The molecule has 7 heteroatoms. The molecule has 0 aliphatic carbocycles. The molecule has 2 aromatic rings. The highest BCUT2D eigenvalue weighted by Gasteiger charge is 2.68. The molecule has 4 rings (SSSR count). The number of amides is 3. The molecule has 0 unspecified atom stereocenters. The Labute approximate surface area is 170 Å². The van der Waals surface area contributed by atoms with Crippen LogP contribution in [-0.2, 0) is 0 Å². The lowest BCUT2D eigenvalue weighted by atomic mass is 9.60. The highest BCUT2D eigenvalue weighted by Crippen LogP contribution is 2.54. The van der Waals surface area contributed by atoms with Crippen molar-refractivity contribution in [3.8, 4) is 0 Å². The van der Waals surface area contributed by atoms with E-state index in [2.05, 4.69) is 10.3 Å². The summed E-state index contributed by atoms with van der Waals surface area (Å²) in [5.41, 5.74) is 1.12. The van der Waals surface area contributed by atoms with Crippen LogP contribution in [0.15, 0.2) is 54.9 Å². The lowest BCUT2D eigenvalue weighted by Gasteiger charge is -2.70. The molecule has 1 aromatic heterocycles. The molecule has 0 saturated carbocycles. The molecule has 2 fully saturated rings. The molecule has 2 N–H and O–H groups in total. The van der Waals surface area contributed by atoms with Crippen molar-refractivity contribution in [3.05, 3.63) is 66.0 Å². The van der Waals surface area contributed by atoms with Gasteiger partial charge < -0.3 is 20.2 Å². The Balaban J connectivity index is 1.63. The van der Waals surface area contributed by atoms with Crippen LogP contribution in [-0.4, -0.2) is 69.7 Å². The zero-order valence-electron chi connectivity index (χ0n) is 16.5. The summed E-state index contributed by atoms with van der Waals surface area (Å²) >= 11 is 0. The Bertz CT molecular complexity index is 868. The summed E-state index contributed by atoms with van der Waals surface area (Å²) in [6.07, 6.45) is 4.05. The van der Waals surface area contributed by atoms with Crippen molar-refractivity contribution < 1.29 is 14.7 Å². The van der Waals surface area contributed by atoms with Crippen LogP contribution in [0.1, 0.15) is 35.2 Å². The smallest absolute Gasteiger partial charge is 0.317 e. The number of nitrogens with one attached hydrogen (secondary N) is 1. The number of nitrogens with zero attached hydrogens (tertiary/aromatic N) is 3. The van der Waals surface area contributed by atoms with Crippen LogP contribution in [0.4, 0.5) is 4.79 Å². The van der Waals surface area contributed by atoms with Crippen molar-refractivity contribution in [2.75, 3.05) is 26.2 Å². The normalized spacial score (nSPS) is 22.0. The first-order valence-corrected chi connectivity index (χ1v) is 10.0. The lowest BCUT2D eigenvalue weighted by molar-refractivity contribution is -0.150. The lowest BCUT2D eigenvalue weighted by Crippen LogP contribution is -2.86. The van der Waals surface area contributed by atoms with Gasteiger partial charge in [-0.15, -0.1) is 0 Å². The first-order valence-electron chi connectivity index (χ1n) is 10.0. The van der Waals surface area contributed by atoms with Gasteiger partial charge in [-0.25, -0.2) is 4.79 Å². The second-order valence-electron chi connectivity index (χ2n) is 7.74. The van der Waals surface area contributed by atoms with Crippen LogP contribution in [0, 0.1) is 0 Å². The minimum atomic E-state index is -0.501. The first-order chi connectivity index (χ1) is 14.1. The van der Waals surface area contributed by atoms with E-state index >= 15 is 0 Å². The van der Waals surface area contributed by atoms with E-state index in [1.165, 1.54) is 0 Å². The molecule has 3 heterocycles. The summed E-state index contributed by atoms with van der Waals surface area (Å²) in [4.78, 5) is 33.2. The third-order valence-corrected chi connectivity index (χ3v) is 6.01. The average molecular weight is 394 g/mol. The molecule has 152 valence electrons. The van der Waals surface area contributed by atoms with Gasteiger partial charge in [-0.05, 0) is 24.1 Å². The monoisotopic (exact) mass is 394 g/mol. The minimum absolute atomic E-state index is 0.0188. The van der Waals surface area contributed by atoms with Crippen LogP contribution in [0.5, 0.6) is 0 Å². The van der Waals surface area contributed by atoms with Gasteiger partial charge in [0.25, 0.3) is 5.91 Å². The fourth-order valence-corrected chi connectivity index (χ4v) is 4.72. The molecule has 29 heavy (non-hydrogen) atoms. The summed E-state index contributed by atoms with van der Waals surface area (Å²) in [6, 6.07) is 12.9. The summed E-state index contributed by atoms with van der Waals surface area (Å²) in [6.45, 7) is 3.42. The molecular weight excluding hydrogens is 368 g/mol. The number of carbonyl (C=O) groups is 2. The molecule has 0 radical (unpaired) electrons. The van der Waals surface area contributed by atoms with Gasteiger partial charge in [-0.2, -0.15) is 0 Å². The van der Waals surface area contributed by atoms with Gasteiger partial charge >= 0.3 is 6.03 Å². The first kappa shape index (κ1) is 19.4. The van der Waals surface area contributed by atoms with Crippen LogP contribution >= 0.6 is 0 Å². The second-order valence-corrected chi connectivity index (χ2v) is 7.74. The quantitative estimate of drug-likeness (QED) is 0.811. The van der Waals surface area contributed by atoms with E-state index in [0.717, 1.165) is 12.0 Å². The number of hydrogen-bond acceptors (Lipinski definition) is 4. The van der Waals surface area contributed by atoms with Crippen molar-refractivity contribution in [2.24, 2.45) is 0 Å². The van der Waals surface area contributed by atoms with Crippen molar-refractivity contribution >= 4 is 11.9 Å². The van der Waals surface area contributed by atoms with E-state index in [0.29, 0.717) is 25.2 Å². The molecule has 2 aliphatic rings. The molecule has 0 bridgehead atoms. The van der Waals surface area contributed by atoms with Crippen LogP contribution in [0.25, 0.3) is 0 Å². The minimum Gasteiger partial charge on any atom is -0.394 e. The number of aliphatic hydroxyl groups is 1. The van der Waals surface area contributed by atoms with Crippen LogP contribution in [0.3, 0.4) is 0 Å². The number of aliphatic hydroxyl groups excluding tert-OH is 1. The molecule has 7 nitrogen and oxygen atoms in total. The molecule has 2 aliphatic heterocycles. The summed E-state index contributed by atoms with van der Waals surface area (Å²) in [5, 5.41) is 13.0. The fraction of sp³-hybridized carbons (Fsp3) is 0.409. The Kier molecular flexibility index (Phi) is 5.24. The number of pyridine rings is 1. The Morgan fingerprint density at radius 1 is 1.17 bits per heavy atom. The largest absolute Gasteiger partial charge is 0.394 e. The van der Waals surface area contributed by atoms with Crippen molar-refractivity contribution in [1.82, 2.24) is 20.1 Å². The van der Waals surface area contributed by atoms with Crippen molar-refractivity contribution in [2.45, 2.75) is 30.8 Å². The summed E-state index contributed by atoms with van der Waals surface area (Å²) in [7, 11) is 0. The van der Waals surface area contributed by atoms with Crippen molar-refractivity contribution in [1.29, 1.82) is 0 Å². The van der Waals surface area contributed by atoms with E-state index in [9.17, 15) is 14.7 Å². The van der Waals surface area contributed by atoms with Crippen LogP contribution in [0.2, 0.25) is 0 Å². The Morgan fingerprint density at radius 2 is 1.86 bits per heavy atom. The van der Waals surface area contributed by atoms with E-state index < -0.39 is 5.54 Å². The highest BCUT2D eigenvalue weighted by molar-refractivity contribution is 5.96. The van der Waals surface area contributed by atoms with Crippen molar-refractivity contribution in [3.63, 3.8) is 0 Å². The van der Waals surface area contributed by atoms with E-state index in [1.807, 2.05) is 37.3 Å². The van der Waals surface area contributed by atoms with E-state index in [1.54, 1.807) is 34.3 Å². The highest BCUT2D eigenvalue weighted by atomic mass is 16.3. The van der Waals surface area contributed by atoms with Gasteiger partial charge in [0, 0.05) is 43.5 Å². The summed E-state index contributed by atoms with van der Waals surface area (Å²) < 4.78 is 0. The second kappa shape index (κ2) is 7.83. The maximum Gasteiger partial charge on any atom is 0.317 e. The number of rotatable bonds is 5. The topological polar surface area (TPSA) is 85.8 Å². The van der Waals surface area contributed by atoms with Gasteiger partial charge in [0.2, 0.25) is 0 Å². The number of urea groups is 1. The van der Waals surface area contributed by atoms with Gasteiger partial charge in [0.15, 0.2) is 0 Å². The number of carbonyl (C=O) groups excluding carboxylic acids is 2. The zero-order chi connectivity index (χ0) is 20.4. The molecule has 2 saturated heterocycles. The van der Waals surface area contributed by atoms with E-state index in [4.69, 9.17) is 0 Å². The molecule has 1 spiro atoms. The third kappa shape index (κ3) is 3.15. The number of benzene rings is 1. The fourth-order valence-electron chi connectivity index (χ4n) is 4.72. The predicted octanol–water partition coefficient (Wildman–Crippen LogP) is 1.86. The third-order valence-electron chi connectivity index (χ3n) is 6.01. The average Bonchev–Trinajstić information content (AvgIpc) is 2.72. The number of likely N-dealkylation sites (tertiary alicyclic amines) is 2. The number of aromatic nitrogens is 1. The molecular formula is C22H26N4O3. The summed E-state index contributed by atoms with van der Waals surface area (Å²) in [5.74, 6) is -0.151.